The molecule has 2 heterocycles. The third-order valence-electron chi connectivity index (χ3n) is 3.83. The van der Waals surface area contributed by atoms with Gasteiger partial charge in [-0.25, -0.2) is 0 Å². The van der Waals surface area contributed by atoms with Crippen molar-refractivity contribution in [1.82, 2.24) is 9.88 Å². The maximum Gasteiger partial charge on any atom is 0.242 e. The topological polar surface area (TPSA) is 59.2 Å². The van der Waals surface area contributed by atoms with E-state index < -0.39 is 5.54 Å². The van der Waals surface area contributed by atoms with Crippen LogP contribution in [0.5, 0.6) is 0 Å². The summed E-state index contributed by atoms with van der Waals surface area (Å²) in [4.78, 5) is 18.4. The van der Waals surface area contributed by atoms with E-state index in [-0.39, 0.29) is 11.9 Å². The molecular weight excluding hydrogens is 226 g/mol. The first-order valence-electron chi connectivity index (χ1n) is 6.56. The summed E-state index contributed by atoms with van der Waals surface area (Å²) in [5.41, 5.74) is 6.48. The number of likely N-dealkylation sites (tertiary alicyclic amines) is 1. The number of rotatable bonds is 3. The summed E-state index contributed by atoms with van der Waals surface area (Å²) in [5, 5.41) is 0. The fourth-order valence-corrected chi connectivity index (χ4v) is 2.42. The first kappa shape index (κ1) is 13.0. The van der Waals surface area contributed by atoms with Gasteiger partial charge in [-0.3, -0.25) is 9.78 Å². The second kappa shape index (κ2) is 5.06. The lowest BCUT2D eigenvalue weighted by Gasteiger charge is -2.32. The van der Waals surface area contributed by atoms with Gasteiger partial charge in [-0.1, -0.05) is 6.92 Å². The second-order valence-corrected chi connectivity index (χ2v) is 5.21. The van der Waals surface area contributed by atoms with Crippen LogP contribution in [0.3, 0.4) is 0 Å². The molecule has 1 aromatic heterocycles. The van der Waals surface area contributed by atoms with Gasteiger partial charge in [0.05, 0.1) is 11.6 Å². The molecule has 1 aliphatic heterocycles. The van der Waals surface area contributed by atoms with Gasteiger partial charge in [0, 0.05) is 18.9 Å². The maximum atomic E-state index is 12.5. The Morgan fingerprint density at radius 3 is 2.83 bits per heavy atom. The van der Waals surface area contributed by atoms with Gasteiger partial charge < -0.3 is 10.6 Å². The van der Waals surface area contributed by atoms with Crippen molar-refractivity contribution in [3.05, 3.63) is 30.1 Å². The van der Waals surface area contributed by atoms with Crippen LogP contribution in [0.25, 0.3) is 0 Å². The standard InChI is InChI=1S/C14H21N3O/c1-3-14(2,15)13(18)17-10-4-5-12(17)11-6-8-16-9-7-11/h6-9,12H,3-5,10,15H2,1-2H3. The zero-order chi connectivity index (χ0) is 13.2. The van der Waals surface area contributed by atoms with Crippen LogP contribution in [-0.2, 0) is 4.79 Å². The molecule has 2 N–H and O–H groups in total. The zero-order valence-electron chi connectivity index (χ0n) is 11.1. The van der Waals surface area contributed by atoms with Crippen molar-refractivity contribution >= 4 is 5.91 Å². The smallest absolute Gasteiger partial charge is 0.242 e. The third-order valence-corrected chi connectivity index (χ3v) is 3.83. The lowest BCUT2D eigenvalue weighted by Crippen LogP contribution is -2.52. The van der Waals surface area contributed by atoms with Crippen LogP contribution in [0, 0.1) is 0 Å². The van der Waals surface area contributed by atoms with E-state index in [2.05, 4.69) is 4.98 Å². The number of nitrogens with zero attached hydrogens (tertiary/aromatic N) is 2. The highest BCUT2D eigenvalue weighted by atomic mass is 16.2. The SMILES string of the molecule is CCC(C)(N)C(=O)N1CCCC1c1ccncc1. The molecule has 98 valence electrons. The molecule has 2 unspecified atom stereocenters. The average molecular weight is 247 g/mol. The van der Waals surface area contributed by atoms with Crippen molar-refractivity contribution in [2.24, 2.45) is 5.73 Å². The summed E-state index contributed by atoms with van der Waals surface area (Å²) < 4.78 is 0. The van der Waals surface area contributed by atoms with Crippen molar-refractivity contribution in [2.75, 3.05) is 6.54 Å². The first-order valence-corrected chi connectivity index (χ1v) is 6.56. The van der Waals surface area contributed by atoms with Crippen LogP contribution in [0.2, 0.25) is 0 Å². The van der Waals surface area contributed by atoms with Gasteiger partial charge in [0.25, 0.3) is 0 Å². The van der Waals surface area contributed by atoms with Crippen LogP contribution in [-0.4, -0.2) is 27.9 Å². The molecule has 2 atom stereocenters. The minimum Gasteiger partial charge on any atom is -0.334 e. The molecule has 1 aliphatic rings. The van der Waals surface area contributed by atoms with Crippen LogP contribution in [0.1, 0.15) is 44.7 Å². The predicted molar refractivity (Wildman–Crippen MR) is 70.8 cm³/mol. The molecule has 1 fully saturated rings. The Labute approximate surface area is 108 Å². The summed E-state index contributed by atoms with van der Waals surface area (Å²) in [6.45, 7) is 4.57. The molecule has 1 saturated heterocycles. The average Bonchev–Trinajstić information content (AvgIpc) is 2.87. The summed E-state index contributed by atoms with van der Waals surface area (Å²) in [6.07, 6.45) is 6.26. The van der Waals surface area contributed by atoms with E-state index in [0.29, 0.717) is 6.42 Å². The zero-order valence-corrected chi connectivity index (χ0v) is 11.1. The number of pyridine rings is 1. The van der Waals surface area contributed by atoms with E-state index in [0.717, 1.165) is 24.9 Å². The lowest BCUT2D eigenvalue weighted by molar-refractivity contribution is -0.137. The predicted octanol–water partition coefficient (Wildman–Crippen LogP) is 1.87. The van der Waals surface area contributed by atoms with E-state index in [1.165, 1.54) is 0 Å². The lowest BCUT2D eigenvalue weighted by atomic mass is 9.97. The van der Waals surface area contributed by atoms with Crippen molar-refractivity contribution < 1.29 is 4.79 Å². The van der Waals surface area contributed by atoms with Crippen molar-refractivity contribution in [3.8, 4) is 0 Å². The van der Waals surface area contributed by atoms with E-state index in [1.54, 1.807) is 12.4 Å². The molecule has 0 aromatic carbocycles. The van der Waals surface area contributed by atoms with E-state index >= 15 is 0 Å². The fraction of sp³-hybridized carbons (Fsp3) is 0.571. The van der Waals surface area contributed by atoms with Gasteiger partial charge in [-0.15, -0.1) is 0 Å². The number of carbonyl (C=O) groups excluding carboxylic acids is 1. The highest BCUT2D eigenvalue weighted by Crippen LogP contribution is 2.33. The minimum absolute atomic E-state index is 0.0595. The Morgan fingerprint density at radius 2 is 2.22 bits per heavy atom. The van der Waals surface area contributed by atoms with Crippen molar-refractivity contribution in [3.63, 3.8) is 0 Å². The van der Waals surface area contributed by atoms with Crippen LogP contribution < -0.4 is 5.73 Å². The van der Waals surface area contributed by atoms with Crippen LogP contribution in [0.4, 0.5) is 0 Å². The molecule has 0 spiro atoms. The highest BCUT2D eigenvalue weighted by molar-refractivity contribution is 5.86. The van der Waals surface area contributed by atoms with Gasteiger partial charge in [0.15, 0.2) is 0 Å². The molecule has 0 saturated carbocycles. The number of nitrogens with two attached hydrogens (primary N) is 1. The molecule has 4 nitrogen and oxygen atoms in total. The van der Waals surface area contributed by atoms with Gasteiger partial charge in [-0.05, 0) is 43.9 Å². The summed E-state index contributed by atoms with van der Waals surface area (Å²) in [6, 6.07) is 4.13. The van der Waals surface area contributed by atoms with E-state index in [9.17, 15) is 4.79 Å². The Bertz CT molecular complexity index is 416. The van der Waals surface area contributed by atoms with Crippen molar-refractivity contribution in [1.29, 1.82) is 0 Å². The number of hydrogen-bond donors (Lipinski definition) is 1. The molecule has 1 amide bonds. The molecule has 0 aliphatic carbocycles. The van der Waals surface area contributed by atoms with E-state index in [1.807, 2.05) is 30.9 Å². The quantitative estimate of drug-likeness (QED) is 0.887. The fourth-order valence-electron chi connectivity index (χ4n) is 2.42. The second-order valence-electron chi connectivity index (χ2n) is 5.21. The number of amides is 1. The molecule has 4 heteroatoms. The minimum atomic E-state index is -0.754. The third kappa shape index (κ3) is 2.38. The maximum absolute atomic E-state index is 12.5. The van der Waals surface area contributed by atoms with Gasteiger partial charge >= 0.3 is 0 Å². The Kier molecular flexibility index (Phi) is 3.66. The normalized spacial score (nSPS) is 22.8. The van der Waals surface area contributed by atoms with Gasteiger partial charge in [0.2, 0.25) is 5.91 Å². The van der Waals surface area contributed by atoms with E-state index in [4.69, 9.17) is 5.73 Å². The summed E-state index contributed by atoms with van der Waals surface area (Å²) in [5.74, 6) is 0.0595. The van der Waals surface area contributed by atoms with Crippen molar-refractivity contribution in [2.45, 2.75) is 44.7 Å². The molecule has 0 bridgehead atoms. The van der Waals surface area contributed by atoms with Gasteiger partial charge in [-0.2, -0.15) is 0 Å². The van der Waals surface area contributed by atoms with Crippen LogP contribution >= 0.6 is 0 Å². The number of aromatic nitrogens is 1. The molecule has 0 radical (unpaired) electrons. The van der Waals surface area contributed by atoms with Crippen LogP contribution in [0.15, 0.2) is 24.5 Å². The Hall–Kier alpha value is -1.42. The number of carbonyl (C=O) groups is 1. The first-order chi connectivity index (χ1) is 8.56. The largest absolute Gasteiger partial charge is 0.334 e. The molecule has 1 aromatic rings. The monoisotopic (exact) mass is 247 g/mol. The Balaban J connectivity index is 2.21. The molecule has 2 rings (SSSR count). The Morgan fingerprint density at radius 1 is 1.56 bits per heavy atom. The molecule has 18 heavy (non-hydrogen) atoms. The number of hydrogen-bond acceptors (Lipinski definition) is 3. The highest BCUT2D eigenvalue weighted by Gasteiger charge is 2.37. The van der Waals surface area contributed by atoms with Gasteiger partial charge in [0.1, 0.15) is 0 Å². The summed E-state index contributed by atoms with van der Waals surface area (Å²) >= 11 is 0. The molecular formula is C14H21N3O. The summed E-state index contributed by atoms with van der Waals surface area (Å²) in [7, 11) is 0.